The van der Waals surface area contributed by atoms with Crippen LogP contribution in [0.3, 0.4) is 0 Å². The summed E-state index contributed by atoms with van der Waals surface area (Å²) in [6.07, 6.45) is 3.04. The van der Waals surface area contributed by atoms with Crippen molar-refractivity contribution in [2.24, 2.45) is 0 Å². The molecule has 0 saturated carbocycles. The highest BCUT2D eigenvalue weighted by atomic mass is 79.9. The van der Waals surface area contributed by atoms with Crippen LogP contribution in [0.15, 0.2) is 47.2 Å². The van der Waals surface area contributed by atoms with E-state index in [1.165, 1.54) is 21.8 Å². The van der Waals surface area contributed by atoms with Crippen molar-refractivity contribution >= 4 is 56.6 Å². The van der Waals surface area contributed by atoms with Crippen molar-refractivity contribution in [3.8, 4) is 5.82 Å². The molecule has 0 aliphatic carbocycles. The average Bonchev–Trinajstić information content (AvgIpc) is 3.15. The highest BCUT2D eigenvalue weighted by molar-refractivity contribution is 9.10. The van der Waals surface area contributed by atoms with Crippen LogP contribution in [-0.4, -0.2) is 39.7 Å². The van der Waals surface area contributed by atoms with Crippen molar-refractivity contribution in [3.63, 3.8) is 0 Å². The first-order chi connectivity index (χ1) is 14.2. The summed E-state index contributed by atoms with van der Waals surface area (Å²) in [5, 5.41) is 7.73. The fourth-order valence-electron chi connectivity index (χ4n) is 2.86. The lowest BCUT2D eigenvalue weighted by Gasteiger charge is -2.23. The Morgan fingerprint density at radius 2 is 1.93 bits per heavy atom. The molecular weight excluding hydrogens is 493 g/mol. The van der Waals surface area contributed by atoms with Crippen LogP contribution >= 0.6 is 39.1 Å². The maximum Gasteiger partial charge on any atom is 0.276 e. The topological polar surface area (TPSA) is 80.1 Å². The first kappa shape index (κ1) is 22.3. The molecule has 2 aromatic heterocycles. The summed E-state index contributed by atoms with van der Waals surface area (Å²) in [5.74, 6) is -0.422. The number of nitrogens with one attached hydrogen (secondary N) is 1. The second-order valence-corrected chi connectivity index (χ2v) is 8.41. The molecule has 0 bridgehead atoms. The first-order valence-electron chi connectivity index (χ1n) is 8.93. The normalized spacial score (nSPS) is 10.9. The molecule has 1 N–H and O–H groups in total. The van der Waals surface area contributed by atoms with Crippen LogP contribution in [0.2, 0.25) is 10.0 Å². The Balaban J connectivity index is 2.06. The smallest absolute Gasteiger partial charge is 0.276 e. The van der Waals surface area contributed by atoms with Gasteiger partial charge in [0, 0.05) is 28.8 Å². The Bertz CT molecular complexity index is 1120. The van der Waals surface area contributed by atoms with Gasteiger partial charge in [-0.1, -0.05) is 23.2 Å². The molecule has 7 nitrogen and oxygen atoms in total. The zero-order valence-corrected chi connectivity index (χ0v) is 19.5. The minimum Gasteiger partial charge on any atom is -0.350 e. The largest absolute Gasteiger partial charge is 0.350 e. The van der Waals surface area contributed by atoms with Crippen LogP contribution in [0.5, 0.6) is 0 Å². The van der Waals surface area contributed by atoms with Gasteiger partial charge in [0.2, 0.25) is 0 Å². The van der Waals surface area contributed by atoms with E-state index in [9.17, 15) is 9.59 Å². The number of hydrogen-bond acceptors (Lipinski definition) is 4. The summed E-state index contributed by atoms with van der Waals surface area (Å²) < 4.78 is 1.86. The van der Waals surface area contributed by atoms with Crippen LogP contribution in [0, 0.1) is 0 Å². The highest BCUT2D eigenvalue weighted by Crippen LogP contribution is 2.34. The van der Waals surface area contributed by atoms with Gasteiger partial charge in [-0.05, 0) is 60.1 Å². The number of hydrogen-bond donors (Lipinski definition) is 1. The maximum atomic E-state index is 13.4. The Labute approximate surface area is 192 Å². The highest BCUT2D eigenvalue weighted by Gasteiger charge is 2.26. The van der Waals surface area contributed by atoms with E-state index in [-0.39, 0.29) is 23.2 Å². The van der Waals surface area contributed by atoms with Crippen molar-refractivity contribution in [1.29, 1.82) is 0 Å². The SMILES string of the molecule is CC(C)NC(=O)c1cc(Cl)cc(Br)c1N(C)C(=O)c1ccnn1-c1ncccc1Cl. The summed E-state index contributed by atoms with van der Waals surface area (Å²) in [7, 11) is 1.57. The second-order valence-electron chi connectivity index (χ2n) is 6.71. The molecule has 0 unspecified atom stereocenters. The van der Waals surface area contributed by atoms with E-state index in [0.717, 1.165) is 0 Å². The summed E-state index contributed by atoms with van der Waals surface area (Å²) in [4.78, 5) is 31.7. The predicted molar refractivity (Wildman–Crippen MR) is 121 cm³/mol. The molecule has 0 spiro atoms. The zero-order valence-electron chi connectivity index (χ0n) is 16.4. The molecule has 156 valence electrons. The van der Waals surface area contributed by atoms with Crippen molar-refractivity contribution in [2.45, 2.75) is 19.9 Å². The van der Waals surface area contributed by atoms with Gasteiger partial charge >= 0.3 is 0 Å². The van der Waals surface area contributed by atoms with E-state index < -0.39 is 5.91 Å². The molecule has 0 aliphatic rings. The van der Waals surface area contributed by atoms with Crippen molar-refractivity contribution in [2.75, 3.05) is 11.9 Å². The standard InChI is InChI=1S/C20H18BrCl2N5O2/c1-11(2)26-19(29)13-9-12(22)10-14(21)17(13)27(3)20(30)16-6-8-25-28(16)18-15(23)5-4-7-24-18/h4-11H,1-3H3,(H,26,29). The van der Waals surface area contributed by atoms with Gasteiger partial charge in [-0.25, -0.2) is 9.67 Å². The summed E-state index contributed by atoms with van der Waals surface area (Å²) in [5.41, 5.74) is 0.874. The molecule has 3 aromatic rings. The van der Waals surface area contributed by atoms with Crippen LogP contribution in [0.25, 0.3) is 5.82 Å². The lowest BCUT2D eigenvalue weighted by molar-refractivity contribution is 0.0943. The number of carbonyl (C=O) groups excluding carboxylic acids is 2. The van der Waals surface area contributed by atoms with E-state index >= 15 is 0 Å². The Hall–Kier alpha value is -2.42. The van der Waals surface area contributed by atoms with Crippen molar-refractivity contribution < 1.29 is 9.59 Å². The van der Waals surface area contributed by atoms with Gasteiger partial charge in [0.05, 0.1) is 22.5 Å². The molecule has 30 heavy (non-hydrogen) atoms. The molecule has 0 saturated heterocycles. The van der Waals surface area contributed by atoms with E-state index in [1.54, 1.807) is 37.5 Å². The van der Waals surface area contributed by atoms with Crippen LogP contribution in [0.4, 0.5) is 5.69 Å². The van der Waals surface area contributed by atoms with Gasteiger partial charge in [0.1, 0.15) is 5.69 Å². The molecule has 0 atom stereocenters. The fourth-order valence-corrected chi connectivity index (χ4v) is 4.14. The Morgan fingerprint density at radius 3 is 2.60 bits per heavy atom. The Kier molecular flexibility index (Phi) is 6.80. The lowest BCUT2D eigenvalue weighted by Crippen LogP contribution is -2.34. The molecule has 2 amide bonds. The number of rotatable bonds is 5. The fraction of sp³-hybridized carbons (Fsp3) is 0.200. The third-order valence-electron chi connectivity index (χ3n) is 4.13. The quantitative estimate of drug-likeness (QED) is 0.537. The minimum atomic E-state index is -0.407. The molecule has 10 heteroatoms. The predicted octanol–water partition coefficient (Wildman–Crippen LogP) is 4.75. The number of benzene rings is 1. The lowest BCUT2D eigenvalue weighted by atomic mass is 10.1. The number of halogens is 3. The number of carbonyl (C=O) groups is 2. The molecule has 0 fully saturated rings. The number of aromatic nitrogens is 3. The van der Waals surface area contributed by atoms with Crippen molar-refractivity contribution in [1.82, 2.24) is 20.1 Å². The summed E-state index contributed by atoms with van der Waals surface area (Å²) >= 11 is 15.8. The summed E-state index contributed by atoms with van der Waals surface area (Å²) in [6.45, 7) is 3.70. The molecule has 0 radical (unpaired) electrons. The number of nitrogens with zero attached hydrogens (tertiary/aromatic N) is 4. The van der Waals surface area contributed by atoms with E-state index in [0.29, 0.717) is 26.0 Å². The third-order valence-corrected chi connectivity index (χ3v) is 5.25. The van der Waals surface area contributed by atoms with Gasteiger partial charge in [-0.15, -0.1) is 0 Å². The van der Waals surface area contributed by atoms with Crippen molar-refractivity contribution in [3.05, 3.63) is 68.5 Å². The monoisotopic (exact) mass is 509 g/mol. The van der Waals surface area contributed by atoms with E-state index in [4.69, 9.17) is 23.2 Å². The molecule has 3 rings (SSSR count). The molecule has 1 aromatic carbocycles. The van der Waals surface area contributed by atoms with Gasteiger partial charge in [0.15, 0.2) is 5.82 Å². The zero-order chi connectivity index (χ0) is 22.0. The van der Waals surface area contributed by atoms with Crippen LogP contribution in [-0.2, 0) is 0 Å². The van der Waals surface area contributed by atoms with Crippen LogP contribution in [0.1, 0.15) is 34.7 Å². The van der Waals surface area contributed by atoms with E-state index in [1.807, 2.05) is 13.8 Å². The maximum absolute atomic E-state index is 13.4. The number of pyridine rings is 1. The van der Waals surface area contributed by atoms with Gasteiger partial charge in [0.25, 0.3) is 11.8 Å². The number of amides is 2. The van der Waals surface area contributed by atoms with Gasteiger partial charge in [-0.3, -0.25) is 9.59 Å². The van der Waals surface area contributed by atoms with Gasteiger partial charge in [-0.2, -0.15) is 5.10 Å². The first-order valence-corrected chi connectivity index (χ1v) is 10.5. The average molecular weight is 511 g/mol. The molecule has 2 heterocycles. The van der Waals surface area contributed by atoms with E-state index in [2.05, 4.69) is 31.3 Å². The Morgan fingerprint density at radius 1 is 1.20 bits per heavy atom. The number of anilines is 1. The third kappa shape index (κ3) is 4.50. The molecule has 0 aliphatic heterocycles. The second kappa shape index (κ2) is 9.16. The van der Waals surface area contributed by atoms with Crippen LogP contribution < -0.4 is 10.2 Å². The summed E-state index contributed by atoms with van der Waals surface area (Å²) in [6, 6.07) is 7.97. The molecular formula is C20H18BrCl2N5O2. The van der Waals surface area contributed by atoms with Gasteiger partial charge < -0.3 is 10.2 Å². The minimum absolute atomic E-state index is 0.0863.